The molecule has 2 amide bonds. The number of hydrogen-bond donors (Lipinski definition) is 2. The summed E-state index contributed by atoms with van der Waals surface area (Å²) in [6.07, 6.45) is 2.23. The van der Waals surface area contributed by atoms with Gasteiger partial charge in [-0.1, -0.05) is 0 Å². The molecule has 2 rings (SSSR count). The molecule has 2 N–H and O–H groups in total. The Morgan fingerprint density at radius 3 is 2.62 bits per heavy atom. The number of carbonyl (C=O) groups is 2. The average molecular weight is 361 g/mol. The summed E-state index contributed by atoms with van der Waals surface area (Å²) < 4.78 is 18.9. The second-order valence-corrected chi connectivity index (χ2v) is 7.04. The second kappa shape index (κ2) is 8.28. The molecule has 1 aliphatic rings. The van der Waals surface area contributed by atoms with Gasteiger partial charge in [0, 0.05) is 13.2 Å². The normalized spacial score (nSPS) is 15.5. The van der Waals surface area contributed by atoms with E-state index in [0.717, 1.165) is 25.3 Å². The van der Waals surface area contributed by atoms with Crippen LogP contribution in [-0.4, -0.2) is 37.6 Å². The number of amides is 2. The quantitative estimate of drug-likeness (QED) is 0.774. The van der Waals surface area contributed by atoms with Crippen molar-refractivity contribution >= 4 is 11.8 Å². The van der Waals surface area contributed by atoms with Crippen molar-refractivity contribution < 1.29 is 18.7 Å². The predicted molar refractivity (Wildman–Crippen MR) is 93.7 cm³/mol. The predicted octanol–water partition coefficient (Wildman–Crippen LogP) is 1.77. The maximum atomic E-state index is 13.7. The molecule has 0 aliphatic heterocycles. The number of nitrogens with zero attached hydrogens (tertiary/aromatic N) is 1. The van der Waals surface area contributed by atoms with Gasteiger partial charge >= 0.3 is 0 Å². The highest BCUT2D eigenvalue weighted by atomic mass is 19.1. The van der Waals surface area contributed by atoms with Crippen molar-refractivity contribution in [1.29, 1.82) is 5.26 Å². The first kappa shape index (κ1) is 19.9. The Hall–Kier alpha value is -2.46. The van der Waals surface area contributed by atoms with Crippen LogP contribution in [0.1, 0.15) is 44.2 Å². The summed E-state index contributed by atoms with van der Waals surface area (Å²) in [6.45, 7) is 3.28. The number of nitrogens with one attached hydrogen (secondary N) is 2. The number of nitriles is 1. The molecule has 1 aromatic rings. The fourth-order valence-electron chi connectivity index (χ4n) is 2.68. The monoisotopic (exact) mass is 361 g/mol. The van der Waals surface area contributed by atoms with Crippen molar-refractivity contribution in [2.24, 2.45) is 0 Å². The van der Waals surface area contributed by atoms with Crippen molar-refractivity contribution in [2.75, 3.05) is 13.7 Å². The highest BCUT2D eigenvalue weighted by molar-refractivity contribution is 5.88. The van der Waals surface area contributed by atoms with E-state index in [9.17, 15) is 14.0 Å². The first-order valence-corrected chi connectivity index (χ1v) is 8.60. The van der Waals surface area contributed by atoms with E-state index in [1.807, 2.05) is 6.07 Å². The number of rotatable bonds is 7. The lowest BCUT2D eigenvalue weighted by molar-refractivity contribution is -0.133. The van der Waals surface area contributed by atoms with E-state index in [4.69, 9.17) is 10.00 Å². The molecule has 0 spiro atoms. The summed E-state index contributed by atoms with van der Waals surface area (Å²) in [6, 6.07) is 5.90. The van der Waals surface area contributed by atoms with Crippen molar-refractivity contribution in [3.63, 3.8) is 0 Å². The molecular weight excluding hydrogens is 337 g/mol. The van der Waals surface area contributed by atoms with E-state index in [-0.39, 0.29) is 30.0 Å². The SMILES string of the molecule is CO[C@@H](CNC(=O)C(C)(C)c1cc(F)cc(C#N)c1)C(=O)NC1CCC1. The molecule has 0 heterocycles. The van der Waals surface area contributed by atoms with E-state index < -0.39 is 17.3 Å². The highest BCUT2D eigenvalue weighted by Gasteiger charge is 2.32. The topological polar surface area (TPSA) is 91.2 Å². The Morgan fingerprint density at radius 1 is 1.38 bits per heavy atom. The second-order valence-electron chi connectivity index (χ2n) is 7.04. The maximum absolute atomic E-state index is 13.7. The fraction of sp³-hybridized carbons (Fsp3) is 0.526. The summed E-state index contributed by atoms with van der Waals surface area (Å²) >= 11 is 0. The number of benzene rings is 1. The zero-order chi connectivity index (χ0) is 19.3. The van der Waals surface area contributed by atoms with Gasteiger partial charge in [-0.15, -0.1) is 0 Å². The fourth-order valence-corrected chi connectivity index (χ4v) is 2.68. The van der Waals surface area contributed by atoms with Crippen molar-refractivity contribution in [3.8, 4) is 6.07 Å². The third kappa shape index (κ3) is 4.58. The van der Waals surface area contributed by atoms with E-state index in [1.54, 1.807) is 13.8 Å². The lowest BCUT2D eigenvalue weighted by atomic mass is 9.83. The van der Waals surface area contributed by atoms with E-state index in [0.29, 0.717) is 5.56 Å². The Bertz CT molecular complexity index is 723. The van der Waals surface area contributed by atoms with Gasteiger partial charge in [-0.2, -0.15) is 5.26 Å². The molecule has 0 unspecified atom stereocenters. The molecule has 1 fully saturated rings. The van der Waals surface area contributed by atoms with Crippen molar-refractivity contribution in [2.45, 2.75) is 50.7 Å². The first-order chi connectivity index (χ1) is 12.3. The molecule has 1 aromatic carbocycles. The van der Waals surface area contributed by atoms with Crippen LogP contribution in [-0.2, 0) is 19.7 Å². The molecule has 0 aromatic heterocycles. The van der Waals surface area contributed by atoms with E-state index in [1.165, 1.54) is 19.2 Å². The van der Waals surface area contributed by atoms with Gasteiger partial charge in [0.2, 0.25) is 5.91 Å². The average Bonchev–Trinajstić information content (AvgIpc) is 2.57. The van der Waals surface area contributed by atoms with Gasteiger partial charge in [0.1, 0.15) is 5.82 Å². The van der Waals surface area contributed by atoms with Crippen LogP contribution in [0.15, 0.2) is 18.2 Å². The Balaban J connectivity index is 2.01. The zero-order valence-corrected chi connectivity index (χ0v) is 15.3. The zero-order valence-electron chi connectivity index (χ0n) is 15.3. The highest BCUT2D eigenvalue weighted by Crippen LogP contribution is 2.25. The third-order valence-corrected chi connectivity index (χ3v) is 4.79. The molecular formula is C19H24FN3O3. The van der Waals surface area contributed by atoms with Crippen LogP contribution >= 0.6 is 0 Å². The van der Waals surface area contributed by atoms with Gasteiger partial charge in [0.15, 0.2) is 6.10 Å². The molecule has 1 aliphatic carbocycles. The van der Waals surface area contributed by atoms with Gasteiger partial charge in [-0.25, -0.2) is 4.39 Å². The summed E-state index contributed by atoms with van der Waals surface area (Å²) in [5.74, 6) is -1.21. The summed E-state index contributed by atoms with van der Waals surface area (Å²) in [5.41, 5.74) is -0.536. The molecule has 1 saturated carbocycles. The van der Waals surface area contributed by atoms with Gasteiger partial charge in [0.25, 0.3) is 5.91 Å². The third-order valence-electron chi connectivity index (χ3n) is 4.79. The van der Waals surface area contributed by atoms with E-state index in [2.05, 4.69) is 10.6 Å². The van der Waals surface area contributed by atoms with Crippen LogP contribution in [0.25, 0.3) is 0 Å². The van der Waals surface area contributed by atoms with Crippen molar-refractivity contribution in [1.82, 2.24) is 10.6 Å². The van der Waals surface area contributed by atoms with Crippen molar-refractivity contribution in [3.05, 3.63) is 35.1 Å². The van der Waals surface area contributed by atoms with Crippen LogP contribution in [0.2, 0.25) is 0 Å². The molecule has 26 heavy (non-hydrogen) atoms. The minimum atomic E-state index is -1.07. The molecule has 0 saturated heterocycles. The Morgan fingerprint density at radius 2 is 2.08 bits per heavy atom. The Labute approximate surface area is 152 Å². The van der Waals surface area contributed by atoms with Crippen LogP contribution in [0.3, 0.4) is 0 Å². The van der Waals surface area contributed by atoms with E-state index >= 15 is 0 Å². The van der Waals surface area contributed by atoms with Crippen LogP contribution < -0.4 is 10.6 Å². The molecule has 140 valence electrons. The number of carbonyl (C=O) groups excluding carboxylic acids is 2. The summed E-state index contributed by atoms with van der Waals surface area (Å²) in [7, 11) is 1.41. The number of halogens is 1. The molecule has 7 heteroatoms. The molecule has 0 radical (unpaired) electrons. The maximum Gasteiger partial charge on any atom is 0.251 e. The van der Waals surface area contributed by atoms with Crippen LogP contribution in [0.5, 0.6) is 0 Å². The number of ether oxygens (including phenoxy) is 1. The van der Waals surface area contributed by atoms with Gasteiger partial charge in [-0.05, 0) is 56.9 Å². The summed E-state index contributed by atoms with van der Waals surface area (Å²) in [4.78, 5) is 24.8. The smallest absolute Gasteiger partial charge is 0.251 e. The van der Waals surface area contributed by atoms with Crippen LogP contribution in [0.4, 0.5) is 4.39 Å². The lowest BCUT2D eigenvalue weighted by Gasteiger charge is -2.29. The van der Waals surface area contributed by atoms with Gasteiger partial charge in [-0.3, -0.25) is 9.59 Å². The number of hydrogen-bond acceptors (Lipinski definition) is 4. The molecule has 0 bridgehead atoms. The first-order valence-electron chi connectivity index (χ1n) is 8.60. The standard InChI is InChI=1S/C19H24FN3O3/c1-19(2,13-7-12(10-21)8-14(20)9-13)18(25)22-11-16(26-3)17(24)23-15-5-4-6-15/h7-9,15-16H,4-6,11H2,1-3H3,(H,22,25)(H,23,24)/t16-/m0/s1. The van der Waals surface area contributed by atoms with Gasteiger partial charge in [0.05, 0.1) is 23.6 Å². The lowest BCUT2D eigenvalue weighted by Crippen LogP contribution is -2.50. The minimum absolute atomic E-state index is 0.0116. The number of methoxy groups -OCH3 is 1. The summed E-state index contributed by atoms with van der Waals surface area (Å²) in [5, 5.41) is 14.6. The van der Waals surface area contributed by atoms with Gasteiger partial charge < -0.3 is 15.4 Å². The molecule has 6 nitrogen and oxygen atoms in total. The Kier molecular flexibility index (Phi) is 6.32. The van der Waals surface area contributed by atoms with Crippen LogP contribution in [0, 0.1) is 17.1 Å². The largest absolute Gasteiger partial charge is 0.370 e. The minimum Gasteiger partial charge on any atom is -0.370 e. The molecule has 1 atom stereocenters.